The Bertz CT molecular complexity index is 982. The second-order valence-corrected chi connectivity index (χ2v) is 6.72. The monoisotopic (exact) mass is 360 g/mol. The Kier molecular flexibility index (Phi) is 4.78. The van der Waals surface area contributed by atoms with Gasteiger partial charge >= 0.3 is 0 Å². The number of nitrogens with zero attached hydrogens (tertiary/aromatic N) is 4. The van der Waals surface area contributed by atoms with Crippen LogP contribution in [0, 0.1) is 0 Å². The molecule has 2 aromatic heterocycles. The lowest BCUT2D eigenvalue weighted by Gasteiger charge is -2.22. The highest BCUT2D eigenvalue weighted by Gasteiger charge is 2.33. The van der Waals surface area contributed by atoms with Gasteiger partial charge in [0.15, 0.2) is 0 Å². The molecule has 1 aliphatic rings. The van der Waals surface area contributed by atoms with Gasteiger partial charge in [-0.2, -0.15) is 5.10 Å². The topological polar surface area (TPSA) is 68.1 Å². The quantitative estimate of drug-likeness (QED) is 0.677. The second kappa shape index (κ2) is 7.53. The first-order valence-electron chi connectivity index (χ1n) is 9.03. The number of hydrogen-bond donors (Lipinski definition) is 0. The molecule has 0 radical (unpaired) electrons. The van der Waals surface area contributed by atoms with E-state index in [0.29, 0.717) is 18.8 Å². The van der Waals surface area contributed by atoms with Crippen LogP contribution in [0.25, 0.3) is 0 Å². The first-order chi connectivity index (χ1) is 13.2. The Morgan fingerprint density at radius 3 is 2.44 bits per heavy atom. The van der Waals surface area contributed by atoms with Crippen LogP contribution in [0.1, 0.15) is 34.5 Å². The summed E-state index contributed by atoms with van der Waals surface area (Å²) in [5.41, 5.74) is 2.07. The molecular formula is C21H20N4O2. The molecule has 2 heterocycles. The zero-order valence-electron chi connectivity index (χ0n) is 14.9. The van der Waals surface area contributed by atoms with Crippen LogP contribution in [0.15, 0.2) is 71.8 Å². The van der Waals surface area contributed by atoms with E-state index in [4.69, 9.17) is 0 Å². The van der Waals surface area contributed by atoms with Crippen molar-refractivity contribution in [2.75, 3.05) is 0 Å². The highest BCUT2D eigenvalue weighted by Crippen LogP contribution is 2.29. The molecule has 0 N–H and O–H groups in total. The molecule has 0 aliphatic heterocycles. The van der Waals surface area contributed by atoms with Crippen molar-refractivity contribution in [3.05, 3.63) is 94.2 Å². The Hall–Kier alpha value is -3.28. The minimum absolute atomic E-state index is 0.142. The lowest BCUT2D eigenvalue weighted by molar-refractivity contribution is 0.0721. The van der Waals surface area contributed by atoms with Gasteiger partial charge in [0.05, 0.1) is 6.54 Å². The first-order valence-corrected chi connectivity index (χ1v) is 9.03. The average molecular weight is 360 g/mol. The number of carbonyl (C=O) groups is 1. The molecule has 0 bridgehead atoms. The molecule has 136 valence electrons. The predicted octanol–water partition coefficient (Wildman–Crippen LogP) is 2.49. The average Bonchev–Trinajstić information content (AvgIpc) is 3.54. The van der Waals surface area contributed by atoms with E-state index in [2.05, 4.69) is 10.1 Å². The normalized spacial score (nSPS) is 13.3. The van der Waals surface area contributed by atoms with E-state index in [1.807, 2.05) is 47.4 Å². The molecule has 1 aliphatic carbocycles. The Labute approximate surface area is 157 Å². The van der Waals surface area contributed by atoms with Crippen LogP contribution in [0.4, 0.5) is 0 Å². The molecule has 1 amide bonds. The summed E-state index contributed by atoms with van der Waals surface area (Å²) in [5.74, 6) is -0.142. The van der Waals surface area contributed by atoms with Gasteiger partial charge < -0.3 is 4.90 Å². The molecule has 3 aromatic rings. The fourth-order valence-electron chi connectivity index (χ4n) is 3.02. The van der Waals surface area contributed by atoms with Crippen LogP contribution < -0.4 is 5.56 Å². The summed E-state index contributed by atoms with van der Waals surface area (Å²) in [4.78, 5) is 31.1. The highest BCUT2D eigenvalue weighted by atomic mass is 16.2. The van der Waals surface area contributed by atoms with E-state index in [1.54, 1.807) is 12.4 Å². The zero-order chi connectivity index (χ0) is 18.6. The number of hydrogen-bond acceptors (Lipinski definition) is 4. The maximum Gasteiger partial charge on any atom is 0.274 e. The zero-order valence-corrected chi connectivity index (χ0v) is 14.9. The molecule has 27 heavy (non-hydrogen) atoms. The highest BCUT2D eigenvalue weighted by molar-refractivity contribution is 5.92. The smallest absolute Gasteiger partial charge is 0.274 e. The van der Waals surface area contributed by atoms with Crippen LogP contribution >= 0.6 is 0 Å². The van der Waals surface area contributed by atoms with Gasteiger partial charge in [0.1, 0.15) is 5.69 Å². The predicted molar refractivity (Wildman–Crippen MR) is 101 cm³/mol. The maximum absolute atomic E-state index is 13.1. The molecule has 0 unspecified atom stereocenters. The van der Waals surface area contributed by atoms with Crippen molar-refractivity contribution in [2.24, 2.45) is 0 Å². The van der Waals surface area contributed by atoms with E-state index >= 15 is 0 Å². The third-order valence-corrected chi connectivity index (χ3v) is 4.61. The van der Waals surface area contributed by atoms with Gasteiger partial charge in [-0.05, 0) is 42.2 Å². The van der Waals surface area contributed by atoms with Crippen molar-refractivity contribution in [1.82, 2.24) is 19.7 Å². The van der Waals surface area contributed by atoms with Gasteiger partial charge in [0.2, 0.25) is 0 Å². The summed E-state index contributed by atoms with van der Waals surface area (Å²) in [6, 6.07) is 16.6. The number of rotatable bonds is 6. The SMILES string of the molecule is O=C(c1ccc(=O)n(Cc2ccccc2)n1)N(Cc1ccncc1)C1CC1. The van der Waals surface area contributed by atoms with E-state index in [0.717, 1.165) is 24.0 Å². The number of amides is 1. The molecule has 0 atom stereocenters. The molecule has 1 aromatic carbocycles. The summed E-state index contributed by atoms with van der Waals surface area (Å²) < 4.78 is 1.35. The molecule has 6 nitrogen and oxygen atoms in total. The van der Waals surface area contributed by atoms with E-state index in [-0.39, 0.29) is 17.5 Å². The van der Waals surface area contributed by atoms with Crippen molar-refractivity contribution >= 4 is 5.91 Å². The van der Waals surface area contributed by atoms with Gasteiger partial charge in [-0.15, -0.1) is 0 Å². The van der Waals surface area contributed by atoms with Crippen LogP contribution in [0.3, 0.4) is 0 Å². The minimum atomic E-state index is -0.220. The maximum atomic E-state index is 13.1. The van der Waals surface area contributed by atoms with Gasteiger partial charge in [-0.1, -0.05) is 30.3 Å². The summed E-state index contributed by atoms with van der Waals surface area (Å²) >= 11 is 0. The summed E-state index contributed by atoms with van der Waals surface area (Å²) in [5, 5.41) is 4.34. The van der Waals surface area contributed by atoms with Crippen molar-refractivity contribution < 1.29 is 4.79 Å². The van der Waals surface area contributed by atoms with Crippen molar-refractivity contribution in [3.63, 3.8) is 0 Å². The molecule has 6 heteroatoms. The van der Waals surface area contributed by atoms with Crippen molar-refractivity contribution in [3.8, 4) is 0 Å². The van der Waals surface area contributed by atoms with Crippen molar-refractivity contribution in [1.29, 1.82) is 0 Å². The largest absolute Gasteiger partial charge is 0.330 e. The van der Waals surface area contributed by atoms with E-state index < -0.39 is 0 Å². The standard InChI is InChI=1S/C21H20N4O2/c26-20-9-8-19(23-25(20)15-16-4-2-1-3-5-16)21(27)24(18-6-7-18)14-17-10-12-22-13-11-17/h1-5,8-13,18H,6-7,14-15H2. The number of benzene rings is 1. The number of carbonyl (C=O) groups excluding carboxylic acids is 1. The molecule has 0 spiro atoms. The second-order valence-electron chi connectivity index (χ2n) is 6.72. The van der Waals surface area contributed by atoms with Crippen LogP contribution in [-0.4, -0.2) is 31.6 Å². The van der Waals surface area contributed by atoms with E-state index in [1.165, 1.54) is 16.8 Å². The van der Waals surface area contributed by atoms with Crippen molar-refractivity contribution in [2.45, 2.75) is 32.0 Å². The molecule has 1 saturated carbocycles. The fourth-order valence-corrected chi connectivity index (χ4v) is 3.02. The van der Waals surface area contributed by atoms with Crippen LogP contribution in [-0.2, 0) is 13.1 Å². The van der Waals surface area contributed by atoms with Gasteiger partial charge in [-0.25, -0.2) is 4.68 Å². The lowest BCUT2D eigenvalue weighted by Crippen LogP contribution is -2.35. The Morgan fingerprint density at radius 1 is 1.00 bits per heavy atom. The molecule has 1 fully saturated rings. The van der Waals surface area contributed by atoms with Gasteiger partial charge in [0, 0.05) is 31.0 Å². The molecule has 0 saturated heterocycles. The van der Waals surface area contributed by atoms with Gasteiger partial charge in [0.25, 0.3) is 11.5 Å². The Balaban J connectivity index is 1.58. The fraction of sp³-hybridized carbons (Fsp3) is 0.238. The Morgan fingerprint density at radius 2 is 1.74 bits per heavy atom. The van der Waals surface area contributed by atoms with Gasteiger partial charge in [-0.3, -0.25) is 14.6 Å². The third-order valence-electron chi connectivity index (χ3n) is 4.61. The third kappa shape index (κ3) is 4.11. The van der Waals surface area contributed by atoms with Crippen LogP contribution in [0.5, 0.6) is 0 Å². The summed E-state index contributed by atoms with van der Waals surface area (Å²) in [7, 11) is 0. The lowest BCUT2D eigenvalue weighted by atomic mass is 10.2. The first kappa shape index (κ1) is 17.1. The summed E-state index contributed by atoms with van der Waals surface area (Å²) in [6.07, 6.45) is 5.45. The molecule has 4 rings (SSSR count). The number of aromatic nitrogens is 3. The number of pyridine rings is 1. The van der Waals surface area contributed by atoms with E-state index in [9.17, 15) is 9.59 Å². The summed E-state index contributed by atoms with van der Waals surface area (Å²) in [6.45, 7) is 0.861. The minimum Gasteiger partial charge on any atom is -0.330 e. The van der Waals surface area contributed by atoms with Crippen LogP contribution in [0.2, 0.25) is 0 Å². The molecular weight excluding hydrogens is 340 g/mol.